The van der Waals surface area contributed by atoms with Crippen LogP contribution in [0.25, 0.3) is 0 Å². The molecule has 0 aliphatic rings. The fraction of sp³-hybridized carbons (Fsp3) is 0.471. The molecule has 1 unspecified atom stereocenters. The van der Waals surface area contributed by atoms with Crippen LogP contribution in [-0.2, 0) is 20.8 Å². The van der Waals surface area contributed by atoms with Gasteiger partial charge in [0, 0.05) is 18.3 Å². The van der Waals surface area contributed by atoms with Crippen molar-refractivity contribution in [1.29, 1.82) is 0 Å². The first-order valence-corrected chi connectivity index (χ1v) is 8.07. The summed E-state index contributed by atoms with van der Waals surface area (Å²) < 4.78 is 0. The molecule has 3 amide bonds. The van der Waals surface area contributed by atoms with Crippen molar-refractivity contribution in [3.05, 3.63) is 29.8 Å². The summed E-state index contributed by atoms with van der Waals surface area (Å²) in [5.74, 6) is -1.81. The summed E-state index contributed by atoms with van der Waals surface area (Å²) in [4.78, 5) is 36.8. The molecule has 0 saturated heterocycles. The number of hydrogen-bond donors (Lipinski definition) is 3. The van der Waals surface area contributed by atoms with Crippen molar-refractivity contribution in [2.75, 3.05) is 25.0 Å². The van der Waals surface area contributed by atoms with Crippen molar-refractivity contribution in [3.8, 4) is 0 Å². The van der Waals surface area contributed by atoms with Gasteiger partial charge in [-0.05, 0) is 37.7 Å². The second-order valence-electron chi connectivity index (χ2n) is 5.57. The number of nitrogens with one attached hydrogen (secondary N) is 2. The van der Waals surface area contributed by atoms with E-state index in [0.29, 0.717) is 12.2 Å². The first-order chi connectivity index (χ1) is 11.4. The van der Waals surface area contributed by atoms with Crippen LogP contribution in [0, 0.1) is 0 Å². The second kappa shape index (κ2) is 9.67. The van der Waals surface area contributed by atoms with Gasteiger partial charge in [-0.15, -0.1) is 0 Å². The van der Waals surface area contributed by atoms with Crippen molar-refractivity contribution in [3.63, 3.8) is 0 Å². The maximum atomic E-state index is 11.9. The summed E-state index contributed by atoms with van der Waals surface area (Å²) in [6.07, 6.45) is 0.137. The summed E-state index contributed by atoms with van der Waals surface area (Å²) in [5.41, 5.74) is 6.35. The number of primary amides is 1. The number of rotatable bonds is 8. The first kappa shape index (κ1) is 19.6. The molecule has 0 spiro atoms. The molecule has 1 aromatic carbocycles. The van der Waals surface area contributed by atoms with Crippen LogP contribution in [0.2, 0.25) is 0 Å². The van der Waals surface area contributed by atoms with Crippen LogP contribution in [-0.4, -0.2) is 48.3 Å². The third-order valence-corrected chi connectivity index (χ3v) is 3.79. The quantitative estimate of drug-likeness (QED) is 0.602. The zero-order valence-electron chi connectivity index (χ0n) is 14.5. The van der Waals surface area contributed by atoms with Gasteiger partial charge in [-0.1, -0.05) is 26.0 Å². The van der Waals surface area contributed by atoms with Crippen molar-refractivity contribution in [2.45, 2.75) is 33.2 Å². The lowest BCUT2D eigenvalue weighted by molar-refractivity contribution is -0.136. The summed E-state index contributed by atoms with van der Waals surface area (Å²) >= 11 is 0. The van der Waals surface area contributed by atoms with E-state index in [1.165, 1.54) is 0 Å². The molecule has 0 aliphatic carbocycles. The Labute approximate surface area is 142 Å². The maximum absolute atomic E-state index is 11.9. The number of likely N-dealkylation sites (N-methyl/N-ethyl adjacent to an activating group) is 1. The predicted octanol–water partition coefficient (Wildman–Crippen LogP) is 0.499. The molecule has 0 fully saturated rings. The van der Waals surface area contributed by atoms with E-state index in [0.717, 1.165) is 18.7 Å². The lowest BCUT2D eigenvalue weighted by Crippen LogP contribution is -2.44. The Morgan fingerprint density at radius 2 is 1.67 bits per heavy atom. The third-order valence-electron chi connectivity index (χ3n) is 3.79. The van der Waals surface area contributed by atoms with Crippen LogP contribution in [0.4, 0.5) is 5.69 Å². The number of nitrogens with zero attached hydrogens (tertiary/aromatic N) is 1. The van der Waals surface area contributed by atoms with E-state index in [2.05, 4.69) is 29.4 Å². The third kappa shape index (κ3) is 6.37. The van der Waals surface area contributed by atoms with Gasteiger partial charge in [0.25, 0.3) is 0 Å². The average Bonchev–Trinajstić information content (AvgIpc) is 2.55. The van der Waals surface area contributed by atoms with Gasteiger partial charge in [0.1, 0.15) is 0 Å². The van der Waals surface area contributed by atoms with Crippen molar-refractivity contribution in [1.82, 2.24) is 10.2 Å². The molecule has 24 heavy (non-hydrogen) atoms. The van der Waals surface area contributed by atoms with Crippen LogP contribution < -0.4 is 16.4 Å². The topological polar surface area (TPSA) is 105 Å². The highest BCUT2D eigenvalue weighted by atomic mass is 16.2. The molecule has 0 bridgehead atoms. The minimum absolute atomic E-state index is 0.137. The van der Waals surface area contributed by atoms with Gasteiger partial charge in [0.2, 0.25) is 5.91 Å². The molecule has 1 atom stereocenters. The zero-order chi connectivity index (χ0) is 18.1. The summed E-state index contributed by atoms with van der Waals surface area (Å²) in [5, 5.41) is 5.16. The molecular weight excluding hydrogens is 308 g/mol. The van der Waals surface area contributed by atoms with Crippen LogP contribution in [0.1, 0.15) is 26.3 Å². The molecule has 7 heteroatoms. The zero-order valence-corrected chi connectivity index (χ0v) is 14.5. The SMILES string of the molecule is CCN(CC)C(C)CNC(=O)C(=O)Nc1ccc(CC(N)=O)cc1. The van der Waals surface area contributed by atoms with Crippen LogP contribution in [0.3, 0.4) is 0 Å². The summed E-state index contributed by atoms with van der Waals surface area (Å²) in [7, 11) is 0. The smallest absolute Gasteiger partial charge is 0.313 e. The number of benzene rings is 1. The van der Waals surface area contributed by atoms with Gasteiger partial charge >= 0.3 is 11.8 Å². The van der Waals surface area contributed by atoms with Crippen LogP contribution >= 0.6 is 0 Å². The molecule has 1 aromatic rings. The normalized spacial score (nSPS) is 11.8. The summed E-state index contributed by atoms with van der Waals surface area (Å²) in [6.45, 7) is 8.29. The molecule has 0 aromatic heterocycles. The largest absolute Gasteiger partial charge is 0.369 e. The van der Waals surface area contributed by atoms with Crippen LogP contribution in [0.5, 0.6) is 0 Å². The molecule has 4 N–H and O–H groups in total. The van der Waals surface area contributed by atoms with Gasteiger partial charge in [0.15, 0.2) is 0 Å². The Morgan fingerprint density at radius 1 is 1.08 bits per heavy atom. The first-order valence-electron chi connectivity index (χ1n) is 8.07. The van der Waals surface area contributed by atoms with E-state index in [9.17, 15) is 14.4 Å². The number of carbonyl (C=O) groups is 3. The van der Waals surface area contributed by atoms with E-state index in [4.69, 9.17) is 5.73 Å². The highest BCUT2D eigenvalue weighted by Gasteiger charge is 2.16. The van der Waals surface area contributed by atoms with E-state index in [-0.39, 0.29) is 12.5 Å². The number of carbonyl (C=O) groups excluding carboxylic acids is 3. The fourth-order valence-corrected chi connectivity index (χ4v) is 2.39. The van der Waals surface area contributed by atoms with Crippen molar-refractivity contribution >= 4 is 23.4 Å². The highest BCUT2D eigenvalue weighted by molar-refractivity contribution is 6.39. The standard InChI is InChI=1S/C17H26N4O3/c1-4-21(5-2)12(3)11-19-16(23)17(24)20-14-8-6-13(7-9-14)10-15(18)22/h6-9,12H,4-5,10-11H2,1-3H3,(H2,18,22)(H,19,23)(H,20,24). The molecule has 1 rings (SSSR count). The Balaban J connectivity index is 2.49. The number of amides is 3. The lowest BCUT2D eigenvalue weighted by atomic mass is 10.1. The molecular formula is C17H26N4O3. The van der Waals surface area contributed by atoms with E-state index < -0.39 is 17.7 Å². The Hall–Kier alpha value is -2.41. The number of hydrogen-bond acceptors (Lipinski definition) is 4. The van der Waals surface area contributed by atoms with E-state index >= 15 is 0 Å². The number of anilines is 1. The lowest BCUT2D eigenvalue weighted by Gasteiger charge is -2.26. The van der Waals surface area contributed by atoms with Crippen molar-refractivity contribution in [2.24, 2.45) is 5.73 Å². The van der Waals surface area contributed by atoms with E-state index in [1.54, 1.807) is 24.3 Å². The molecule has 132 valence electrons. The van der Waals surface area contributed by atoms with Crippen molar-refractivity contribution < 1.29 is 14.4 Å². The van der Waals surface area contributed by atoms with E-state index in [1.807, 2.05) is 6.92 Å². The Kier molecular flexibility index (Phi) is 7.91. The molecule has 0 heterocycles. The van der Waals surface area contributed by atoms with Gasteiger partial charge < -0.3 is 16.4 Å². The molecule has 0 radical (unpaired) electrons. The van der Waals surface area contributed by atoms with Gasteiger partial charge in [-0.2, -0.15) is 0 Å². The Bertz CT molecular complexity index is 568. The Morgan fingerprint density at radius 3 is 2.17 bits per heavy atom. The fourth-order valence-electron chi connectivity index (χ4n) is 2.39. The number of nitrogens with two attached hydrogens (primary N) is 1. The highest BCUT2D eigenvalue weighted by Crippen LogP contribution is 2.09. The minimum atomic E-state index is -0.718. The molecule has 7 nitrogen and oxygen atoms in total. The predicted molar refractivity (Wildman–Crippen MR) is 93.4 cm³/mol. The van der Waals surface area contributed by atoms with Gasteiger partial charge in [-0.25, -0.2) is 0 Å². The molecule has 0 aliphatic heterocycles. The van der Waals surface area contributed by atoms with Crippen LogP contribution in [0.15, 0.2) is 24.3 Å². The summed E-state index contributed by atoms with van der Waals surface area (Å²) in [6, 6.07) is 6.77. The average molecular weight is 334 g/mol. The second-order valence-corrected chi connectivity index (χ2v) is 5.57. The maximum Gasteiger partial charge on any atom is 0.313 e. The van der Waals surface area contributed by atoms with Gasteiger partial charge in [0.05, 0.1) is 6.42 Å². The minimum Gasteiger partial charge on any atom is -0.369 e. The molecule has 0 saturated carbocycles. The monoisotopic (exact) mass is 334 g/mol. The van der Waals surface area contributed by atoms with Gasteiger partial charge in [-0.3, -0.25) is 19.3 Å².